The standard InChI is InChI=1S/C26H40O5/c1-4-5-7-12-25(2,3)23(27)11-10-20-21-18-26(29-14-15-30-26)17-19(21)16-22(20)31-24-9-6-8-13-28-24/h4,10-11,19-22,24H,1,5-9,12-18H2,2-3H3/t19-,20+,21+,22+,24?/m0/s1. The van der Waals surface area contributed by atoms with E-state index in [1.807, 2.05) is 12.2 Å². The van der Waals surface area contributed by atoms with Gasteiger partial charge in [-0.15, -0.1) is 6.58 Å². The van der Waals surface area contributed by atoms with Crippen LogP contribution in [0.15, 0.2) is 24.8 Å². The van der Waals surface area contributed by atoms with E-state index in [1.54, 1.807) is 0 Å². The first-order valence-corrected chi connectivity index (χ1v) is 12.3. The Kier molecular flexibility index (Phi) is 7.37. The Balaban J connectivity index is 1.45. The van der Waals surface area contributed by atoms with E-state index in [1.165, 1.54) is 0 Å². The van der Waals surface area contributed by atoms with Gasteiger partial charge in [0, 0.05) is 30.8 Å². The van der Waals surface area contributed by atoms with E-state index in [2.05, 4.69) is 26.5 Å². The molecule has 0 aromatic carbocycles. The Hall–Kier alpha value is -1.01. The molecular formula is C26H40O5. The number of ether oxygens (including phenoxy) is 4. The van der Waals surface area contributed by atoms with E-state index >= 15 is 0 Å². The summed E-state index contributed by atoms with van der Waals surface area (Å²) in [7, 11) is 0. The molecule has 1 unspecified atom stereocenters. The molecule has 0 bridgehead atoms. The fraction of sp³-hybridized carbons (Fsp3) is 0.808. The maximum absolute atomic E-state index is 13.0. The number of carbonyl (C=O) groups excluding carboxylic acids is 1. The molecule has 0 amide bonds. The highest BCUT2D eigenvalue weighted by Gasteiger charge is 2.56. The highest BCUT2D eigenvalue weighted by molar-refractivity contribution is 5.94. The third-order valence-corrected chi connectivity index (χ3v) is 7.81. The second kappa shape index (κ2) is 9.86. The van der Waals surface area contributed by atoms with Gasteiger partial charge in [-0.05, 0) is 62.9 Å². The fourth-order valence-electron chi connectivity index (χ4n) is 5.99. The fourth-order valence-corrected chi connectivity index (χ4v) is 5.99. The zero-order valence-electron chi connectivity index (χ0n) is 19.4. The summed E-state index contributed by atoms with van der Waals surface area (Å²) in [5, 5.41) is 0. The lowest BCUT2D eigenvalue weighted by atomic mass is 9.81. The third-order valence-electron chi connectivity index (χ3n) is 7.81. The van der Waals surface area contributed by atoms with E-state index in [9.17, 15) is 4.79 Å². The molecule has 0 aromatic rings. The number of unbranched alkanes of at least 4 members (excludes halogenated alkanes) is 1. The molecule has 5 atom stereocenters. The summed E-state index contributed by atoms with van der Waals surface area (Å²) in [6.45, 7) is 10.0. The van der Waals surface area contributed by atoms with Crippen molar-refractivity contribution in [3.05, 3.63) is 24.8 Å². The molecule has 5 heteroatoms. The van der Waals surface area contributed by atoms with Gasteiger partial charge in [0.1, 0.15) is 0 Å². The molecule has 2 aliphatic carbocycles. The highest BCUT2D eigenvalue weighted by atomic mass is 16.7. The average Bonchev–Trinajstić information content (AvgIpc) is 3.43. The molecule has 31 heavy (non-hydrogen) atoms. The Morgan fingerprint density at radius 3 is 2.71 bits per heavy atom. The van der Waals surface area contributed by atoms with Crippen molar-refractivity contribution in [2.75, 3.05) is 19.8 Å². The van der Waals surface area contributed by atoms with Crippen LogP contribution in [0.4, 0.5) is 0 Å². The molecule has 5 nitrogen and oxygen atoms in total. The van der Waals surface area contributed by atoms with Crippen molar-refractivity contribution in [2.24, 2.45) is 23.2 Å². The van der Waals surface area contributed by atoms with Gasteiger partial charge in [0.05, 0.1) is 19.3 Å². The number of hydrogen-bond acceptors (Lipinski definition) is 5. The number of hydrogen-bond donors (Lipinski definition) is 0. The SMILES string of the molecule is C=CCCCC(C)(C)C(=O)C=C[C@@H]1[C@@H]2CC3(C[C@@H]2C[C@H]1OC1CCCCO1)OCCO3. The molecule has 0 aromatic heterocycles. The quantitative estimate of drug-likeness (QED) is 0.285. The summed E-state index contributed by atoms with van der Waals surface area (Å²) < 4.78 is 24.4. The number of carbonyl (C=O) groups is 1. The van der Waals surface area contributed by atoms with Crippen LogP contribution in [-0.4, -0.2) is 43.8 Å². The van der Waals surface area contributed by atoms with Crippen LogP contribution in [0.5, 0.6) is 0 Å². The van der Waals surface area contributed by atoms with Crippen molar-refractivity contribution in [1.29, 1.82) is 0 Å². The first-order chi connectivity index (χ1) is 14.9. The molecular weight excluding hydrogens is 392 g/mol. The molecule has 174 valence electrons. The van der Waals surface area contributed by atoms with E-state index in [4.69, 9.17) is 18.9 Å². The maximum Gasteiger partial charge on any atom is 0.169 e. The number of allylic oxidation sites excluding steroid dienone is 2. The molecule has 0 radical (unpaired) electrons. The minimum absolute atomic E-state index is 0.102. The average molecular weight is 433 g/mol. The zero-order chi connectivity index (χ0) is 21.9. The van der Waals surface area contributed by atoms with Gasteiger partial charge in [-0.3, -0.25) is 4.79 Å². The summed E-state index contributed by atoms with van der Waals surface area (Å²) in [6.07, 6.45) is 14.8. The van der Waals surface area contributed by atoms with Crippen LogP contribution in [-0.2, 0) is 23.7 Å². The van der Waals surface area contributed by atoms with Gasteiger partial charge in [-0.2, -0.15) is 0 Å². The van der Waals surface area contributed by atoms with Crippen molar-refractivity contribution in [3.8, 4) is 0 Å². The van der Waals surface area contributed by atoms with E-state index < -0.39 is 5.79 Å². The molecule has 1 spiro atoms. The lowest BCUT2D eigenvalue weighted by molar-refractivity contribution is -0.197. The van der Waals surface area contributed by atoms with Crippen LogP contribution >= 0.6 is 0 Å². The van der Waals surface area contributed by atoms with Gasteiger partial charge >= 0.3 is 0 Å². The van der Waals surface area contributed by atoms with Crippen LogP contribution in [0.3, 0.4) is 0 Å². The zero-order valence-corrected chi connectivity index (χ0v) is 19.4. The number of fused-ring (bicyclic) bond motifs is 1. The predicted molar refractivity (Wildman–Crippen MR) is 119 cm³/mol. The van der Waals surface area contributed by atoms with Crippen LogP contribution < -0.4 is 0 Å². The maximum atomic E-state index is 13.0. The summed E-state index contributed by atoms with van der Waals surface area (Å²) >= 11 is 0. The number of ketones is 1. The summed E-state index contributed by atoms with van der Waals surface area (Å²) in [5.74, 6) is 0.947. The normalized spacial score (nSPS) is 35.1. The largest absolute Gasteiger partial charge is 0.353 e. The molecule has 2 aliphatic heterocycles. The summed E-state index contributed by atoms with van der Waals surface area (Å²) in [6, 6.07) is 0. The summed E-state index contributed by atoms with van der Waals surface area (Å²) in [5.41, 5.74) is -0.352. The van der Waals surface area contributed by atoms with Crippen LogP contribution in [0.25, 0.3) is 0 Å². The van der Waals surface area contributed by atoms with Gasteiger partial charge < -0.3 is 18.9 Å². The Bertz CT molecular complexity index is 657. The van der Waals surface area contributed by atoms with Gasteiger partial charge in [-0.25, -0.2) is 0 Å². The second-order valence-corrected chi connectivity index (χ2v) is 10.5. The van der Waals surface area contributed by atoms with Crippen molar-refractivity contribution >= 4 is 5.78 Å². The highest BCUT2D eigenvalue weighted by Crippen LogP contribution is 2.55. The van der Waals surface area contributed by atoms with Crippen molar-refractivity contribution in [3.63, 3.8) is 0 Å². The molecule has 2 heterocycles. The molecule has 4 fully saturated rings. The van der Waals surface area contributed by atoms with Crippen molar-refractivity contribution in [1.82, 2.24) is 0 Å². The van der Waals surface area contributed by atoms with Crippen LogP contribution in [0, 0.1) is 23.2 Å². The molecule has 4 rings (SSSR count). The van der Waals surface area contributed by atoms with E-state index in [-0.39, 0.29) is 29.5 Å². The van der Waals surface area contributed by atoms with Gasteiger partial charge in [-0.1, -0.05) is 26.0 Å². The first-order valence-electron chi connectivity index (χ1n) is 12.3. The first kappa shape index (κ1) is 23.2. The van der Waals surface area contributed by atoms with Gasteiger partial charge in [0.25, 0.3) is 0 Å². The molecule has 2 saturated carbocycles. The topological polar surface area (TPSA) is 54.0 Å². The Labute approximate surface area is 187 Å². The van der Waals surface area contributed by atoms with Crippen LogP contribution in [0.2, 0.25) is 0 Å². The van der Waals surface area contributed by atoms with Crippen molar-refractivity contribution < 1.29 is 23.7 Å². The van der Waals surface area contributed by atoms with Gasteiger partial charge in [0.15, 0.2) is 17.9 Å². The van der Waals surface area contributed by atoms with E-state index in [0.29, 0.717) is 25.0 Å². The monoisotopic (exact) mass is 432 g/mol. The molecule has 0 N–H and O–H groups in total. The Morgan fingerprint density at radius 2 is 2.00 bits per heavy atom. The van der Waals surface area contributed by atoms with E-state index in [0.717, 1.165) is 64.4 Å². The smallest absolute Gasteiger partial charge is 0.169 e. The molecule has 4 aliphatic rings. The minimum Gasteiger partial charge on any atom is -0.353 e. The lowest BCUT2D eigenvalue weighted by Crippen LogP contribution is -2.33. The Morgan fingerprint density at radius 1 is 1.19 bits per heavy atom. The van der Waals surface area contributed by atoms with Gasteiger partial charge in [0.2, 0.25) is 0 Å². The van der Waals surface area contributed by atoms with Crippen LogP contribution in [0.1, 0.15) is 71.6 Å². The summed E-state index contributed by atoms with van der Waals surface area (Å²) in [4.78, 5) is 13.0. The number of rotatable bonds is 9. The third kappa shape index (κ3) is 5.32. The predicted octanol–water partition coefficient (Wildman–Crippen LogP) is 5.20. The second-order valence-electron chi connectivity index (χ2n) is 10.5. The molecule has 2 saturated heterocycles. The lowest BCUT2D eigenvalue weighted by Gasteiger charge is -2.31. The van der Waals surface area contributed by atoms with Crippen molar-refractivity contribution in [2.45, 2.75) is 89.8 Å². The minimum atomic E-state index is -0.401.